The summed E-state index contributed by atoms with van der Waals surface area (Å²) in [6, 6.07) is 7.90. The van der Waals surface area contributed by atoms with Gasteiger partial charge >= 0.3 is 0 Å². The molecule has 0 fully saturated rings. The van der Waals surface area contributed by atoms with Crippen LogP contribution in [0.1, 0.15) is 5.01 Å². The third-order valence-corrected chi connectivity index (χ3v) is 4.04. The SMILES string of the molecule is O=C(C=Cc1nc2ccccc2s1)Nc1nccs1. The maximum atomic E-state index is 11.6. The number of benzene rings is 1. The molecule has 0 aliphatic carbocycles. The van der Waals surface area contributed by atoms with Gasteiger partial charge < -0.3 is 0 Å². The van der Waals surface area contributed by atoms with E-state index >= 15 is 0 Å². The Kier molecular flexibility index (Phi) is 3.35. The Labute approximate surface area is 117 Å². The highest BCUT2D eigenvalue weighted by molar-refractivity contribution is 7.19. The monoisotopic (exact) mass is 287 g/mol. The summed E-state index contributed by atoms with van der Waals surface area (Å²) < 4.78 is 1.11. The number of anilines is 1. The second-order valence-corrected chi connectivity index (χ2v) is 5.64. The van der Waals surface area contributed by atoms with Gasteiger partial charge in [0.05, 0.1) is 10.2 Å². The molecule has 2 aromatic heterocycles. The zero-order chi connectivity index (χ0) is 13.1. The quantitative estimate of drug-likeness (QED) is 0.751. The molecule has 2 heterocycles. The molecule has 0 spiro atoms. The maximum Gasteiger partial charge on any atom is 0.250 e. The van der Waals surface area contributed by atoms with Crippen molar-refractivity contribution in [3.05, 3.63) is 46.9 Å². The van der Waals surface area contributed by atoms with Crippen LogP contribution < -0.4 is 5.32 Å². The second kappa shape index (κ2) is 5.29. The molecule has 3 rings (SSSR count). The fourth-order valence-electron chi connectivity index (χ4n) is 1.54. The van der Waals surface area contributed by atoms with Crippen LogP contribution in [0.25, 0.3) is 16.3 Å². The third kappa shape index (κ3) is 2.86. The van der Waals surface area contributed by atoms with E-state index in [4.69, 9.17) is 0 Å². The molecule has 0 aliphatic heterocycles. The lowest BCUT2D eigenvalue weighted by molar-refractivity contribution is -0.111. The first kappa shape index (κ1) is 12.0. The molecule has 6 heteroatoms. The zero-order valence-electron chi connectivity index (χ0n) is 9.74. The first-order valence-corrected chi connectivity index (χ1v) is 7.25. The van der Waals surface area contributed by atoms with E-state index in [1.54, 1.807) is 23.6 Å². The van der Waals surface area contributed by atoms with Gasteiger partial charge in [0, 0.05) is 17.7 Å². The highest BCUT2D eigenvalue weighted by atomic mass is 32.1. The van der Waals surface area contributed by atoms with Crippen LogP contribution in [0.5, 0.6) is 0 Å². The number of rotatable bonds is 3. The van der Waals surface area contributed by atoms with Crippen molar-refractivity contribution in [2.75, 3.05) is 5.32 Å². The predicted molar refractivity (Wildman–Crippen MR) is 79.4 cm³/mol. The zero-order valence-corrected chi connectivity index (χ0v) is 11.4. The van der Waals surface area contributed by atoms with Gasteiger partial charge in [0.15, 0.2) is 5.13 Å². The van der Waals surface area contributed by atoms with Crippen LogP contribution in [0.2, 0.25) is 0 Å². The fraction of sp³-hybridized carbons (Fsp3) is 0. The molecule has 1 amide bonds. The molecule has 19 heavy (non-hydrogen) atoms. The van der Waals surface area contributed by atoms with Crippen LogP contribution in [-0.2, 0) is 4.79 Å². The summed E-state index contributed by atoms with van der Waals surface area (Å²) in [5.74, 6) is -0.200. The average Bonchev–Trinajstić information content (AvgIpc) is 3.04. The van der Waals surface area contributed by atoms with Crippen LogP contribution in [-0.4, -0.2) is 15.9 Å². The topological polar surface area (TPSA) is 54.9 Å². The molecular formula is C13H9N3OS2. The smallest absolute Gasteiger partial charge is 0.250 e. The maximum absolute atomic E-state index is 11.6. The number of thiazole rings is 2. The van der Waals surface area contributed by atoms with Crippen LogP contribution in [0.3, 0.4) is 0 Å². The lowest BCUT2D eigenvalue weighted by Crippen LogP contribution is -2.06. The number of amides is 1. The van der Waals surface area contributed by atoms with Crippen LogP contribution >= 0.6 is 22.7 Å². The molecule has 0 atom stereocenters. The summed E-state index contributed by atoms with van der Waals surface area (Å²) in [5.41, 5.74) is 0.951. The Hall–Kier alpha value is -2.05. The summed E-state index contributed by atoms with van der Waals surface area (Å²) in [6.45, 7) is 0. The van der Waals surface area contributed by atoms with Gasteiger partial charge in [-0.1, -0.05) is 12.1 Å². The number of para-hydroxylation sites is 1. The van der Waals surface area contributed by atoms with Gasteiger partial charge in [-0.15, -0.1) is 22.7 Å². The molecule has 0 bridgehead atoms. The van der Waals surface area contributed by atoms with E-state index in [1.165, 1.54) is 17.4 Å². The Morgan fingerprint density at radius 2 is 2.21 bits per heavy atom. The minimum absolute atomic E-state index is 0.200. The van der Waals surface area contributed by atoms with E-state index in [-0.39, 0.29) is 5.91 Å². The predicted octanol–water partition coefficient (Wildman–Crippen LogP) is 3.40. The molecule has 0 aliphatic rings. The van der Waals surface area contributed by atoms with E-state index in [0.717, 1.165) is 15.2 Å². The Morgan fingerprint density at radius 3 is 3.00 bits per heavy atom. The van der Waals surface area contributed by atoms with Gasteiger partial charge in [0.25, 0.3) is 0 Å². The standard InChI is InChI=1S/C13H9N3OS2/c17-11(16-13-14-7-8-18-13)5-6-12-15-9-3-1-2-4-10(9)19-12/h1-8H,(H,14,16,17). The highest BCUT2D eigenvalue weighted by Crippen LogP contribution is 2.22. The first-order valence-electron chi connectivity index (χ1n) is 5.55. The molecule has 1 aromatic carbocycles. The van der Waals surface area contributed by atoms with Gasteiger partial charge in [-0.2, -0.15) is 0 Å². The minimum Gasteiger partial charge on any atom is -0.298 e. The molecule has 4 nitrogen and oxygen atoms in total. The van der Waals surface area contributed by atoms with Crippen molar-refractivity contribution in [1.29, 1.82) is 0 Å². The lowest BCUT2D eigenvalue weighted by Gasteiger charge is -1.93. The van der Waals surface area contributed by atoms with Crippen molar-refractivity contribution < 1.29 is 4.79 Å². The largest absolute Gasteiger partial charge is 0.298 e. The second-order valence-electron chi connectivity index (χ2n) is 3.68. The number of aromatic nitrogens is 2. The summed E-state index contributed by atoms with van der Waals surface area (Å²) in [7, 11) is 0. The van der Waals surface area contributed by atoms with Crippen LogP contribution in [0.15, 0.2) is 41.9 Å². The van der Waals surface area contributed by atoms with Gasteiger partial charge in [0.1, 0.15) is 5.01 Å². The van der Waals surface area contributed by atoms with Gasteiger partial charge in [0.2, 0.25) is 5.91 Å². The van der Waals surface area contributed by atoms with Crippen molar-refractivity contribution in [3.63, 3.8) is 0 Å². The molecule has 0 radical (unpaired) electrons. The number of hydrogen-bond acceptors (Lipinski definition) is 5. The van der Waals surface area contributed by atoms with Gasteiger partial charge in [-0.05, 0) is 18.2 Å². The molecule has 3 aromatic rings. The number of hydrogen-bond donors (Lipinski definition) is 1. The summed E-state index contributed by atoms with van der Waals surface area (Å²) in [6.07, 6.45) is 4.84. The molecular weight excluding hydrogens is 278 g/mol. The average molecular weight is 287 g/mol. The molecule has 94 valence electrons. The third-order valence-electron chi connectivity index (χ3n) is 2.35. The van der Waals surface area contributed by atoms with Crippen molar-refractivity contribution in [2.45, 2.75) is 0 Å². The van der Waals surface area contributed by atoms with Crippen molar-refractivity contribution in [1.82, 2.24) is 9.97 Å². The van der Waals surface area contributed by atoms with Crippen molar-refractivity contribution in [3.8, 4) is 0 Å². The number of nitrogens with zero attached hydrogens (tertiary/aromatic N) is 2. The van der Waals surface area contributed by atoms with Crippen LogP contribution in [0.4, 0.5) is 5.13 Å². The van der Waals surface area contributed by atoms with Crippen molar-refractivity contribution in [2.24, 2.45) is 0 Å². The minimum atomic E-state index is -0.200. The number of carbonyl (C=O) groups is 1. The number of nitrogens with one attached hydrogen (secondary N) is 1. The normalized spacial score (nSPS) is 11.2. The number of fused-ring (bicyclic) bond motifs is 1. The van der Waals surface area contributed by atoms with E-state index in [2.05, 4.69) is 15.3 Å². The first-order chi connectivity index (χ1) is 9.31. The molecule has 0 saturated carbocycles. The summed E-state index contributed by atoms with van der Waals surface area (Å²) in [4.78, 5) is 20.1. The Bertz CT molecular complexity index is 698. The molecule has 1 N–H and O–H groups in total. The fourth-order valence-corrected chi connectivity index (χ4v) is 2.94. The van der Waals surface area contributed by atoms with Gasteiger partial charge in [-0.3, -0.25) is 10.1 Å². The van der Waals surface area contributed by atoms with Crippen molar-refractivity contribution >= 4 is 50.0 Å². The highest BCUT2D eigenvalue weighted by Gasteiger charge is 2.02. The van der Waals surface area contributed by atoms with Crippen LogP contribution in [0, 0.1) is 0 Å². The van der Waals surface area contributed by atoms with E-state index in [1.807, 2.05) is 29.6 Å². The molecule has 0 saturated heterocycles. The Morgan fingerprint density at radius 1 is 1.32 bits per heavy atom. The van der Waals surface area contributed by atoms with E-state index in [9.17, 15) is 4.79 Å². The lowest BCUT2D eigenvalue weighted by atomic mass is 10.3. The summed E-state index contributed by atoms with van der Waals surface area (Å²) >= 11 is 2.94. The number of carbonyl (C=O) groups excluding carboxylic acids is 1. The van der Waals surface area contributed by atoms with E-state index < -0.39 is 0 Å². The van der Waals surface area contributed by atoms with Gasteiger partial charge in [-0.25, -0.2) is 9.97 Å². The molecule has 0 unspecified atom stereocenters. The Balaban J connectivity index is 1.73. The van der Waals surface area contributed by atoms with E-state index in [0.29, 0.717) is 5.13 Å². The summed E-state index contributed by atoms with van der Waals surface area (Å²) in [5, 5.41) is 5.91.